The fourth-order valence-electron chi connectivity index (χ4n) is 1.32. The summed E-state index contributed by atoms with van der Waals surface area (Å²) in [6.45, 7) is 0. The summed E-state index contributed by atoms with van der Waals surface area (Å²) in [6.07, 6.45) is 3.01. The molecular formula is C12H10N4O3. The van der Waals surface area contributed by atoms with Gasteiger partial charge in [-0.3, -0.25) is 5.32 Å². The second kappa shape index (κ2) is 5.58. The Morgan fingerprint density at radius 1 is 1.00 bits per heavy atom. The van der Waals surface area contributed by atoms with E-state index in [0.29, 0.717) is 5.69 Å². The highest BCUT2D eigenvalue weighted by Crippen LogP contribution is 2.09. The number of carbonyl (C=O) groups is 2. The summed E-state index contributed by atoms with van der Waals surface area (Å²) in [5.41, 5.74) is 0.621. The molecule has 1 heterocycles. The molecule has 1 aromatic heterocycles. The number of carboxylic acids is 1. The quantitative estimate of drug-likeness (QED) is 0.778. The van der Waals surface area contributed by atoms with E-state index in [-0.39, 0.29) is 11.5 Å². The summed E-state index contributed by atoms with van der Waals surface area (Å²) in [6, 6.07) is 6.92. The Hall–Kier alpha value is -2.96. The van der Waals surface area contributed by atoms with Crippen molar-refractivity contribution in [2.45, 2.75) is 0 Å². The van der Waals surface area contributed by atoms with Gasteiger partial charge in [0.05, 0.1) is 5.56 Å². The maximum atomic E-state index is 11.6. The van der Waals surface area contributed by atoms with Crippen molar-refractivity contribution in [2.75, 3.05) is 10.6 Å². The highest BCUT2D eigenvalue weighted by Gasteiger charge is 2.05. The van der Waals surface area contributed by atoms with Gasteiger partial charge in [0.2, 0.25) is 5.95 Å². The number of amides is 2. The van der Waals surface area contributed by atoms with Crippen LogP contribution in [-0.4, -0.2) is 27.1 Å². The number of carboxylic acid groups (broad SMARTS) is 1. The molecule has 96 valence electrons. The predicted octanol–water partition coefficient (Wildman–Crippen LogP) is 1.82. The molecule has 0 saturated carbocycles. The van der Waals surface area contributed by atoms with E-state index in [4.69, 9.17) is 5.11 Å². The van der Waals surface area contributed by atoms with Gasteiger partial charge in [-0.2, -0.15) is 0 Å². The average molecular weight is 258 g/mol. The number of hydrogen-bond acceptors (Lipinski definition) is 4. The van der Waals surface area contributed by atoms with Crippen molar-refractivity contribution >= 4 is 23.6 Å². The van der Waals surface area contributed by atoms with Crippen molar-refractivity contribution < 1.29 is 14.7 Å². The summed E-state index contributed by atoms with van der Waals surface area (Å²) in [5.74, 6) is -0.837. The van der Waals surface area contributed by atoms with Crippen LogP contribution in [0.3, 0.4) is 0 Å². The lowest BCUT2D eigenvalue weighted by Gasteiger charge is -2.06. The molecule has 2 aromatic rings. The summed E-state index contributed by atoms with van der Waals surface area (Å²) >= 11 is 0. The molecule has 0 aliphatic heterocycles. The first-order valence-corrected chi connectivity index (χ1v) is 5.33. The van der Waals surface area contributed by atoms with Crippen LogP contribution in [0.4, 0.5) is 16.4 Å². The molecule has 0 atom stereocenters. The fraction of sp³-hybridized carbons (Fsp3) is 0. The minimum Gasteiger partial charge on any atom is -0.478 e. The van der Waals surface area contributed by atoms with Crippen LogP contribution in [0.5, 0.6) is 0 Å². The van der Waals surface area contributed by atoms with Gasteiger partial charge in [0.25, 0.3) is 0 Å². The Morgan fingerprint density at radius 3 is 2.21 bits per heavy atom. The molecule has 0 unspecified atom stereocenters. The van der Waals surface area contributed by atoms with Crippen molar-refractivity contribution in [3.8, 4) is 0 Å². The maximum Gasteiger partial charge on any atom is 0.335 e. The van der Waals surface area contributed by atoms with E-state index in [1.165, 1.54) is 36.7 Å². The van der Waals surface area contributed by atoms with Gasteiger partial charge >= 0.3 is 12.0 Å². The number of anilines is 2. The Kier molecular flexibility index (Phi) is 3.67. The van der Waals surface area contributed by atoms with Crippen molar-refractivity contribution in [3.05, 3.63) is 48.3 Å². The average Bonchev–Trinajstić information content (AvgIpc) is 2.40. The van der Waals surface area contributed by atoms with Crippen molar-refractivity contribution in [1.29, 1.82) is 0 Å². The minimum atomic E-state index is -1.02. The number of carbonyl (C=O) groups excluding carboxylic acids is 1. The lowest BCUT2D eigenvalue weighted by Crippen LogP contribution is -2.20. The third-order valence-corrected chi connectivity index (χ3v) is 2.18. The van der Waals surface area contributed by atoms with Gasteiger partial charge in [0.1, 0.15) is 0 Å². The number of urea groups is 1. The molecule has 0 fully saturated rings. The van der Waals surface area contributed by atoms with E-state index < -0.39 is 12.0 Å². The van der Waals surface area contributed by atoms with Gasteiger partial charge < -0.3 is 10.4 Å². The molecule has 3 N–H and O–H groups in total. The molecule has 2 amide bonds. The molecule has 2 rings (SSSR count). The minimum absolute atomic E-state index is 0.150. The van der Waals surface area contributed by atoms with Crippen molar-refractivity contribution in [1.82, 2.24) is 9.97 Å². The number of benzene rings is 1. The van der Waals surface area contributed by atoms with E-state index in [9.17, 15) is 9.59 Å². The van der Waals surface area contributed by atoms with Crippen LogP contribution in [0, 0.1) is 0 Å². The first kappa shape index (κ1) is 12.5. The van der Waals surface area contributed by atoms with Crippen molar-refractivity contribution in [2.24, 2.45) is 0 Å². The molecule has 0 aliphatic carbocycles. The molecule has 0 aliphatic rings. The fourth-order valence-corrected chi connectivity index (χ4v) is 1.32. The normalized spacial score (nSPS) is 9.68. The summed E-state index contributed by atoms with van der Waals surface area (Å²) in [5, 5.41) is 13.7. The van der Waals surface area contributed by atoms with Crippen LogP contribution in [0.1, 0.15) is 10.4 Å². The predicted molar refractivity (Wildman–Crippen MR) is 68.1 cm³/mol. The molecule has 7 nitrogen and oxygen atoms in total. The van der Waals surface area contributed by atoms with Gasteiger partial charge in [-0.25, -0.2) is 19.6 Å². The van der Waals surface area contributed by atoms with E-state index in [1.807, 2.05) is 0 Å². The summed E-state index contributed by atoms with van der Waals surface area (Å²) in [4.78, 5) is 29.9. The third-order valence-electron chi connectivity index (χ3n) is 2.18. The largest absolute Gasteiger partial charge is 0.478 e. The standard InChI is InChI=1S/C12H10N4O3/c17-10(18)8-2-4-9(5-3-8)15-12(19)16-11-13-6-1-7-14-11/h1-7H,(H,17,18)(H2,13,14,15,16,19). The first-order valence-electron chi connectivity index (χ1n) is 5.33. The van der Waals surface area contributed by atoms with E-state index in [2.05, 4.69) is 20.6 Å². The lowest BCUT2D eigenvalue weighted by molar-refractivity contribution is 0.0697. The zero-order chi connectivity index (χ0) is 13.7. The van der Waals surface area contributed by atoms with Crippen LogP contribution >= 0.6 is 0 Å². The number of nitrogens with one attached hydrogen (secondary N) is 2. The van der Waals surface area contributed by atoms with Crippen LogP contribution in [0.25, 0.3) is 0 Å². The Bertz CT molecular complexity index is 584. The highest BCUT2D eigenvalue weighted by molar-refractivity contribution is 5.99. The van der Waals surface area contributed by atoms with Gasteiger partial charge in [0, 0.05) is 18.1 Å². The maximum absolute atomic E-state index is 11.6. The van der Waals surface area contributed by atoms with E-state index in [0.717, 1.165) is 0 Å². The number of nitrogens with zero attached hydrogens (tertiary/aromatic N) is 2. The number of hydrogen-bond donors (Lipinski definition) is 3. The summed E-state index contributed by atoms with van der Waals surface area (Å²) in [7, 11) is 0. The second-order valence-electron chi connectivity index (χ2n) is 3.53. The van der Waals surface area contributed by atoms with Gasteiger partial charge in [-0.15, -0.1) is 0 Å². The summed E-state index contributed by atoms with van der Waals surface area (Å²) < 4.78 is 0. The zero-order valence-corrected chi connectivity index (χ0v) is 9.70. The van der Waals surface area contributed by atoms with Gasteiger partial charge in [-0.1, -0.05) is 0 Å². The van der Waals surface area contributed by atoms with Crippen LogP contribution in [-0.2, 0) is 0 Å². The number of aromatic carboxylic acids is 1. The molecule has 7 heteroatoms. The Labute approximate surface area is 108 Å². The molecule has 0 radical (unpaired) electrons. The lowest BCUT2D eigenvalue weighted by atomic mass is 10.2. The molecular weight excluding hydrogens is 248 g/mol. The molecule has 0 bridgehead atoms. The highest BCUT2D eigenvalue weighted by atomic mass is 16.4. The Balaban J connectivity index is 1.97. The monoisotopic (exact) mass is 258 g/mol. The second-order valence-corrected chi connectivity index (χ2v) is 3.53. The van der Waals surface area contributed by atoms with Gasteiger partial charge in [-0.05, 0) is 30.3 Å². The van der Waals surface area contributed by atoms with Gasteiger partial charge in [0.15, 0.2) is 0 Å². The first-order chi connectivity index (χ1) is 9.15. The van der Waals surface area contributed by atoms with E-state index in [1.54, 1.807) is 6.07 Å². The number of aromatic nitrogens is 2. The Morgan fingerprint density at radius 2 is 1.63 bits per heavy atom. The third kappa shape index (κ3) is 3.50. The SMILES string of the molecule is O=C(Nc1ccc(C(=O)O)cc1)Nc1ncccn1. The molecule has 0 spiro atoms. The van der Waals surface area contributed by atoms with Crippen molar-refractivity contribution in [3.63, 3.8) is 0 Å². The van der Waals surface area contributed by atoms with E-state index >= 15 is 0 Å². The smallest absolute Gasteiger partial charge is 0.335 e. The molecule has 0 saturated heterocycles. The molecule has 1 aromatic carbocycles. The van der Waals surface area contributed by atoms with Crippen LogP contribution < -0.4 is 10.6 Å². The zero-order valence-electron chi connectivity index (χ0n) is 9.70. The topological polar surface area (TPSA) is 104 Å². The van der Waals surface area contributed by atoms with Crippen LogP contribution in [0.2, 0.25) is 0 Å². The van der Waals surface area contributed by atoms with Crippen LogP contribution in [0.15, 0.2) is 42.7 Å². The number of rotatable bonds is 3. The molecule has 19 heavy (non-hydrogen) atoms.